The SMILES string of the molecule is CC(C)OCCCNC(=O)[C@@H](C)Oc1ccccc1C(C)C. The van der Waals surface area contributed by atoms with E-state index in [2.05, 4.69) is 19.2 Å². The Hall–Kier alpha value is -1.55. The highest BCUT2D eigenvalue weighted by atomic mass is 16.5. The van der Waals surface area contributed by atoms with Gasteiger partial charge in [0.15, 0.2) is 6.10 Å². The zero-order valence-corrected chi connectivity index (χ0v) is 14.4. The maximum absolute atomic E-state index is 12.0. The molecule has 0 aromatic heterocycles. The van der Waals surface area contributed by atoms with Gasteiger partial charge in [-0.25, -0.2) is 0 Å². The lowest BCUT2D eigenvalue weighted by Crippen LogP contribution is -2.37. The molecule has 0 unspecified atom stereocenters. The van der Waals surface area contributed by atoms with Crippen LogP contribution in [0.5, 0.6) is 5.75 Å². The van der Waals surface area contributed by atoms with Crippen molar-refractivity contribution >= 4 is 5.91 Å². The number of hydrogen-bond acceptors (Lipinski definition) is 3. The molecule has 22 heavy (non-hydrogen) atoms. The first kappa shape index (κ1) is 18.5. The van der Waals surface area contributed by atoms with Gasteiger partial charge in [-0.1, -0.05) is 32.0 Å². The van der Waals surface area contributed by atoms with Crippen molar-refractivity contribution in [3.63, 3.8) is 0 Å². The molecule has 0 saturated heterocycles. The topological polar surface area (TPSA) is 47.6 Å². The molecule has 0 spiro atoms. The number of carbonyl (C=O) groups excluding carboxylic acids is 1. The maximum atomic E-state index is 12.0. The summed E-state index contributed by atoms with van der Waals surface area (Å²) in [7, 11) is 0. The van der Waals surface area contributed by atoms with Gasteiger partial charge in [-0.05, 0) is 44.7 Å². The molecule has 4 nitrogen and oxygen atoms in total. The average molecular weight is 307 g/mol. The first-order chi connectivity index (χ1) is 10.4. The maximum Gasteiger partial charge on any atom is 0.260 e. The van der Waals surface area contributed by atoms with Crippen LogP contribution in [0.4, 0.5) is 0 Å². The molecule has 1 N–H and O–H groups in total. The molecular formula is C18H29NO3. The highest BCUT2D eigenvalue weighted by Gasteiger charge is 2.16. The first-order valence-corrected chi connectivity index (χ1v) is 8.06. The van der Waals surface area contributed by atoms with Crippen LogP contribution in [0.1, 0.15) is 52.5 Å². The summed E-state index contributed by atoms with van der Waals surface area (Å²) in [5, 5.41) is 2.88. The molecule has 0 heterocycles. The molecule has 1 amide bonds. The molecule has 1 aromatic carbocycles. The van der Waals surface area contributed by atoms with Crippen molar-refractivity contribution in [3.8, 4) is 5.75 Å². The highest BCUT2D eigenvalue weighted by Crippen LogP contribution is 2.26. The van der Waals surface area contributed by atoms with E-state index in [0.717, 1.165) is 17.7 Å². The van der Waals surface area contributed by atoms with E-state index in [9.17, 15) is 4.79 Å². The third kappa shape index (κ3) is 6.48. The summed E-state index contributed by atoms with van der Waals surface area (Å²) < 4.78 is 11.3. The second kappa shape index (κ2) is 9.46. The van der Waals surface area contributed by atoms with Crippen LogP contribution in [0.2, 0.25) is 0 Å². The lowest BCUT2D eigenvalue weighted by molar-refractivity contribution is -0.127. The van der Waals surface area contributed by atoms with Gasteiger partial charge in [-0.3, -0.25) is 4.79 Å². The summed E-state index contributed by atoms with van der Waals surface area (Å²) in [6.45, 7) is 11.3. The smallest absolute Gasteiger partial charge is 0.260 e. The minimum absolute atomic E-state index is 0.0943. The molecule has 0 radical (unpaired) electrons. The van der Waals surface area contributed by atoms with Crippen molar-refractivity contribution in [2.45, 2.75) is 59.2 Å². The van der Waals surface area contributed by atoms with E-state index < -0.39 is 6.10 Å². The number of ether oxygens (including phenoxy) is 2. The van der Waals surface area contributed by atoms with Crippen molar-refractivity contribution in [1.82, 2.24) is 5.32 Å². The van der Waals surface area contributed by atoms with Gasteiger partial charge in [0.05, 0.1) is 6.10 Å². The minimum atomic E-state index is -0.508. The largest absolute Gasteiger partial charge is 0.481 e. The van der Waals surface area contributed by atoms with E-state index in [1.54, 1.807) is 6.92 Å². The zero-order chi connectivity index (χ0) is 16.5. The molecule has 1 aromatic rings. The average Bonchev–Trinajstić information content (AvgIpc) is 2.46. The molecule has 0 aliphatic rings. The van der Waals surface area contributed by atoms with Crippen LogP contribution in [0, 0.1) is 0 Å². The van der Waals surface area contributed by atoms with Gasteiger partial charge in [0.25, 0.3) is 5.91 Å². The lowest BCUT2D eigenvalue weighted by Gasteiger charge is -2.18. The van der Waals surface area contributed by atoms with Crippen LogP contribution in [0.25, 0.3) is 0 Å². The summed E-state index contributed by atoms with van der Waals surface area (Å²) in [5.74, 6) is 1.05. The molecule has 1 atom stereocenters. The standard InChI is InChI=1S/C18H29NO3/c1-13(2)16-9-6-7-10-17(16)22-15(5)18(20)19-11-8-12-21-14(3)4/h6-7,9-10,13-15H,8,11-12H2,1-5H3,(H,19,20)/t15-/m1/s1. The Labute approximate surface area is 134 Å². The molecule has 0 bridgehead atoms. The molecule has 0 aliphatic carbocycles. The van der Waals surface area contributed by atoms with Crippen LogP contribution in [0.3, 0.4) is 0 Å². The third-order valence-electron chi connectivity index (χ3n) is 3.29. The summed E-state index contributed by atoms with van der Waals surface area (Å²) in [5.41, 5.74) is 1.12. The summed E-state index contributed by atoms with van der Waals surface area (Å²) in [4.78, 5) is 12.0. The molecule has 1 rings (SSSR count). The van der Waals surface area contributed by atoms with E-state index in [1.807, 2.05) is 38.1 Å². The van der Waals surface area contributed by atoms with Crippen molar-refractivity contribution in [1.29, 1.82) is 0 Å². The predicted molar refractivity (Wildman–Crippen MR) is 89.3 cm³/mol. The molecule has 4 heteroatoms. The number of benzene rings is 1. The lowest BCUT2D eigenvalue weighted by atomic mass is 10.0. The molecular weight excluding hydrogens is 278 g/mol. The van der Waals surface area contributed by atoms with Crippen molar-refractivity contribution in [3.05, 3.63) is 29.8 Å². The zero-order valence-electron chi connectivity index (χ0n) is 14.4. The van der Waals surface area contributed by atoms with E-state index in [-0.39, 0.29) is 12.0 Å². The summed E-state index contributed by atoms with van der Waals surface area (Å²) in [6, 6.07) is 7.86. The van der Waals surface area contributed by atoms with Crippen molar-refractivity contribution in [2.24, 2.45) is 0 Å². The Kier molecular flexibility index (Phi) is 7.96. The van der Waals surface area contributed by atoms with Crippen LogP contribution < -0.4 is 10.1 Å². The van der Waals surface area contributed by atoms with Crippen molar-refractivity contribution < 1.29 is 14.3 Å². The predicted octanol–water partition coefficient (Wildman–Crippen LogP) is 3.51. The Bertz CT molecular complexity index is 457. The van der Waals surface area contributed by atoms with E-state index in [4.69, 9.17) is 9.47 Å². The molecule has 0 saturated carbocycles. The van der Waals surface area contributed by atoms with Gasteiger partial charge in [-0.15, -0.1) is 0 Å². The Morgan fingerprint density at radius 3 is 2.45 bits per heavy atom. The Morgan fingerprint density at radius 2 is 1.82 bits per heavy atom. The molecule has 0 aliphatic heterocycles. The fraction of sp³-hybridized carbons (Fsp3) is 0.611. The van der Waals surface area contributed by atoms with E-state index in [0.29, 0.717) is 19.1 Å². The third-order valence-corrected chi connectivity index (χ3v) is 3.29. The Balaban J connectivity index is 2.41. The summed E-state index contributed by atoms with van der Waals surface area (Å²) in [6.07, 6.45) is 0.524. The van der Waals surface area contributed by atoms with Gasteiger partial charge in [0.1, 0.15) is 5.75 Å². The quantitative estimate of drug-likeness (QED) is 0.710. The van der Waals surface area contributed by atoms with Gasteiger partial charge in [0.2, 0.25) is 0 Å². The van der Waals surface area contributed by atoms with E-state index >= 15 is 0 Å². The summed E-state index contributed by atoms with van der Waals surface area (Å²) >= 11 is 0. The second-order valence-corrected chi connectivity index (χ2v) is 6.02. The van der Waals surface area contributed by atoms with Crippen LogP contribution >= 0.6 is 0 Å². The van der Waals surface area contributed by atoms with Gasteiger partial charge >= 0.3 is 0 Å². The fourth-order valence-electron chi connectivity index (χ4n) is 2.06. The number of hydrogen-bond donors (Lipinski definition) is 1. The molecule has 124 valence electrons. The van der Waals surface area contributed by atoms with Gasteiger partial charge in [-0.2, -0.15) is 0 Å². The number of amides is 1. The Morgan fingerprint density at radius 1 is 1.14 bits per heavy atom. The number of para-hydroxylation sites is 1. The van der Waals surface area contributed by atoms with Crippen LogP contribution in [0.15, 0.2) is 24.3 Å². The van der Waals surface area contributed by atoms with Crippen LogP contribution in [-0.4, -0.2) is 31.3 Å². The van der Waals surface area contributed by atoms with Crippen LogP contribution in [-0.2, 0) is 9.53 Å². The fourth-order valence-corrected chi connectivity index (χ4v) is 2.06. The normalized spacial score (nSPS) is 12.5. The first-order valence-electron chi connectivity index (χ1n) is 8.06. The minimum Gasteiger partial charge on any atom is -0.481 e. The van der Waals surface area contributed by atoms with Gasteiger partial charge in [0, 0.05) is 13.2 Å². The van der Waals surface area contributed by atoms with Crippen molar-refractivity contribution in [2.75, 3.05) is 13.2 Å². The monoisotopic (exact) mass is 307 g/mol. The van der Waals surface area contributed by atoms with Gasteiger partial charge < -0.3 is 14.8 Å². The highest BCUT2D eigenvalue weighted by molar-refractivity contribution is 5.80. The van der Waals surface area contributed by atoms with E-state index in [1.165, 1.54) is 0 Å². The number of carbonyl (C=O) groups is 1. The molecule has 0 fully saturated rings. The second-order valence-electron chi connectivity index (χ2n) is 6.02. The number of nitrogens with one attached hydrogen (secondary N) is 1. The number of rotatable bonds is 9.